The zero-order valence-corrected chi connectivity index (χ0v) is 16.8. The maximum Gasteiger partial charge on any atom is 0.255 e. The highest BCUT2D eigenvalue weighted by Crippen LogP contribution is 2.24. The molecule has 0 radical (unpaired) electrons. The fraction of sp³-hybridized carbons (Fsp3) is 0.391. The molecular weight excluding hydrogens is 366 g/mol. The lowest BCUT2D eigenvalue weighted by Crippen LogP contribution is -2.36. The van der Waals surface area contributed by atoms with Crippen molar-refractivity contribution in [3.05, 3.63) is 59.2 Å². The molecular formula is C23H27N3O3. The molecule has 4 rings (SSSR count). The van der Waals surface area contributed by atoms with Crippen molar-refractivity contribution >= 4 is 23.2 Å². The molecule has 2 aliphatic rings. The van der Waals surface area contributed by atoms with Gasteiger partial charge < -0.3 is 19.9 Å². The summed E-state index contributed by atoms with van der Waals surface area (Å²) in [5.74, 6) is 0.0823. The molecule has 0 atom stereocenters. The van der Waals surface area contributed by atoms with Crippen molar-refractivity contribution in [2.24, 2.45) is 0 Å². The largest absolute Gasteiger partial charge is 0.378 e. The molecule has 6 heteroatoms. The van der Waals surface area contributed by atoms with Crippen molar-refractivity contribution in [3.8, 4) is 0 Å². The van der Waals surface area contributed by atoms with Crippen LogP contribution in [0.1, 0.15) is 34.3 Å². The van der Waals surface area contributed by atoms with Gasteiger partial charge in [0.05, 0.1) is 13.2 Å². The first-order valence-electron chi connectivity index (χ1n) is 10.2. The van der Waals surface area contributed by atoms with Crippen LogP contribution in [0.3, 0.4) is 0 Å². The van der Waals surface area contributed by atoms with Gasteiger partial charge in [0.1, 0.15) is 0 Å². The highest BCUT2D eigenvalue weighted by molar-refractivity contribution is 6.04. The first kappa shape index (κ1) is 19.5. The second-order valence-electron chi connectivity index (χ2n) is 7.67. The van der Waals surface area contributed by atoms with Crippen molar-refractivity contribution < 1.29 is 14.3 Å². The number of nitrogens with one attached hydrogen (secondary N) is 1. The SMILES string of the molecule is Cc1cc(N2CCOCC2)ccc1NC(=O)c1ccc(CN2CCCC2=O)cc1. The molecule has 2 aromatic rings. The summed E-state index contributed by atoms with van der Waals surface area (Å²) in [5.41, 5.74) is 4.66. The van der Waals surface area contributed by atoms with Crippen LogP contribution in [0.15, 0.2) is 42.5 Å². The number of aryl methyl sites for hydroxylation is 1. The van der Waals surface area contributed by atoms with Gasteiger partial charge in [0, 0.05) is 49.5 Å². The molecule has 2 amide bonds. The Bertz CT molecular complexity index is 889. The predicted octanol–water partition coefficient (Wildman–Crippen LogP) is 3.21. The van der Waals surface area contributed by atoms with E-state index in [1.54, 1.807) is 0 Å². The fourth-order valence-corrected chi connectivity index (χ4v) is 3.85. The van der Waals surface area contributed by atoms with E-state index in [4.69, 9.17) is 4.74 Å². The van der Waals surface area contributed by atoms with E-state index in [1.807, 2.05) is 48.2 Å². The Kier molecular flexibility index (Phi) is 5.81. The van der Waals surface area contributed by atoms with Gasteiger partial charge in [0.15, 0.2) is 0 Å². The summed E-state index contributed by atoms with van der Waals surface area (Å²) in [6.07, 6.45) is 1.58. The van der Waals surface area contributed by atoms with Crippen LogP contribution in [0.4, 0.5) is 11.4 Å². The summed E-state index contributed by atoms with van der Waals surface area (Å²) < 4.78 is 5.41. The van der Waals surface area contributed by atoms with Crippen LogP contribution in [-0.2, 0) is 16.1 Å². The second-order valence-corrected chi connectivity index (χ2v) is 7.67. The Balaban J connectivity index is 1.39. The maximum atomic E-state index is 12.7. The number of likely N-dealkylation sites (tertiary alicyclic amines) is 1. The monoisotopic (exact) mass is 393 g/mol. The molecule has 152 valence electrons. The standard InChI is InChI=1S/C23H27N3O3/c1-17-15-20(25-11-13-29-14-12-25)8-9-21(17)24-23(28)19-6-4-18(5-7-19)16-26-10-2-3-22(26)27/h4-9,15H,2-3,10-14,16H2,1H3,(H,24,28). The van der Waals surface area contributed by atoms with Gasteiger partial charge >= 0.3 is 0 Å². The van der Waals surface area contributed by atoms with Gasteiger partial charge in [-0.1, -0.05) is 12.1 Å². The summed E-state index contributed by atoms with van der Waals surface area (Å²) in [7, 11) is 0. The van der Waals surface area contributed by atoms with E-state index in [9.17, 15) is 9.59 Å². The number of ether oxygens (including phenoxy) is 1. The van der Waals surface area contributed by atoms with E-state index >= 15 is 0 Å². The molecule has 0 unspecified atom stereocenters. The average Bonchev–Trinajstić information content (AvgIpc) is 3.15. The number of carbonyl (C=O) groups is 2. The quantitative estimate of drug-likeness (QED) is 0.847. The van der Waals surface area contributed by atoms with Crippen LogP contribution in [0.25, 0.3) is 0 Å². The second kappa shape index (κ2) is 8.66. The molecule has 2 fully saturated rings. The van der Waals surface area contributed by atoms with Gasteiger partial charge in [0.25, 0.3) is 5.91 Å². The maximum absolute atomic E-state index is 12.7. The highest BCUT2D eigenvalue weighted by atomic mass is 16.5. The number of nitrogens with zero attached hydrogens (tertiary/aromatic N) is 2. The Morgan fingerprint density at radius 3 is 2.48 bits per heavy atom. The molecule has 2 aliphatic heterocycles. The molecule has 0 spiro atoms. The molecule has 0 aromatic heterocycles. The Hall–Kier alpha value is -2.86. The lowest BCUT2D eigenvalue weighted by atomic mass is 10.1. The summed E-state index contributed by atoms with van der Waals surface area (Å²) >= 11 is 0. The predicted molar refractivity (Wildman–Crippen MR) is 113 cm³/mol. The number of morpholine rings is 1. The van der Waals surface area contributed by atoms with Crippen molar-refractivity contribution in [1.82, 2.24) is 4.90 Å². The summed E-state index contributed by atoms with van der Waals surface area (Å²) in [6, 6.07) is 13.6. The van der Waals surface area contributed by atoms with E-state index in [-0.39, 0.29) is 11.8 Å². The van der Waals surface area contributed by atoms with Gasteiger partial charge in [-0.05, 0) is 54.8 Å². The third kappa shape index (κ3) is 4.59. The van der Waals surface area contributed by atoms with Crippen LogP contribution >= 0.6 is 0 Å². The van der Waals surface area contributed by atoms with Crippen molar-refractivity contribution in [2.45, 2.75) is 26.3 Å². The average molecular weight is 393 g/mol. The van der Waals surface area contributed by atoms with Crippen LogP contribution < -0.4 is 10.2 Å². The Morgan fingerprint density at radius 1 is 1.07 bits per heavy atom. The minimum Gasteiger partial charge on any atom is -0.378 e. The van der Waals surface area contributed by atoms with E-state index in [0.29, 0.717) is 18.5 Å². The van der Waals surface area contributed by atoms with Crippen molar-refractivity contribution in [1.29, 1.82) is 0 Å². The van der Waals surface area contributed by atoms with Gasteiger partial charge in [-0.3, -0.25) is 9.59 Å². The zero-order valence-electron chi connectivity index (χ0n) is 16.8. The minimum atomic E-state index is -0.129. The molecule has 2 saturated heterocycles. The number of amides is 2. The molecule has 0 bridgehead atoms. The summed E-state index contributed by atoms with van der Waals surface area (Å²) in [6.45, 7) is 6.72. The Labute approximate surface area is 171 Å². The summed E-state index contributed by atoms with van der Waals surface area (Å²) in [4.78, 5) is 28.6. The third-order valence-corrected chi connectivity index (χ3v) is 5.60. The molecule has 0 saturated carbocycles. The molecule has 29 heavy (non-hydrogen) atoms. The van der Waals surface area contributed by atoms with Crippen LogP contribution in [0, 0.1) is 6.92 Å². The molecule has 6 nitrogen and oxygen atoms in total. The summed E-state index contributed by atoms with van der Waals surface area (Å²) in [5, 5.41) is 3.01. The van der Waals surface area contributed by atoms with Crippen LogP contribution in [0.5, 0.6) is 0 Å². The van der Waals surface area contributed by atoms with Crippen LogP contribution in [-0.4, -0.2) is 49.6 Å². The van der Waals surface area contributed by atoms with E-state index in [2.05, 4.69) is 16.3 Å². The number of anilines is 2. The fourth-order valence-electron chi connectivity index (χ4n) is 3.85. The topological polar surface area (TPSA) is 61.9 Å². The van der Waals surface area contributed by atoms with Crippen molar-refractivity contribution in [3.63, 3.8) is 0 Å². The first-order chi connectivity index (χ1) is 14.1. The number of benzene rings is 2. The number of rotatable bonds is 5. The molecule has 1 N–H and O–H groups in total. The van der Waals surface area contributed by atoms with Crippen LogP contribution in [0.2, 0.25) is 0 Å². The van der Waals surface area contributed by atoms with Gasteiger partial charge in [-0.25, -0.2) is 0 Å². The smallest absolute Gasteiger partial charge is 0.255 e. The number of hydrogen-bond acceptors (Lipinski definition) is 4. The lowest BCUT2D eigenvalue weighted by Gasteiger charge is -2.29. The van der Waals surface area contributed by atoms with Gasteiger partial charge in [-0.15, -0.1) is 0 Å². The molecule has 0 aliphatic carbocycles. The molecule has 2 heterocycles. The van der Waals surface area contributed by atoms with Crippen molar-refractivity contribution in [2.75, 3.05) is 43.1 Å². The lowest BCUT2D eigenvalue weighted by molar-refractivity contribution is -0.128. The van der Waals surface area contributed by atoms with E-state index < -0.39 is 0 Å². The van der Waals surface area contributed by atoms with E-state index in [1.165, 1.54) is 0 Å². The highest BCUT2D eigenvalue weighted by Gasteiger charge is 2.20. The van der Waals surface area contributed by atoms with Gasteiger partial charge in [0.2, 0.25) is 5.91 Å². The van der Waals surface area contributed by atoms with Gasteiger partial charge in [-0.2, -0.15) is 0 Å². The van der Waals surface area contributed by atoms with E-state index in [0.717, 1.165) is 61.8 Å². The first-order valence-corrected chi connectivity index (χ1v) is 10.2. The number of hydrogen-bond donors (Lipinski definition) is 1. The minimum absolute atomic E-state index is 0.129. The zero-order chi connectivity index (χ0) is 20.2. The third-order valence-electron chi connectivity index (χ3n) is 5.60. The number of carbonyl (C=O) groups excluding carboxylic acids is 2. The Morgan fingerprint density at radius 2 is 1.83 bits per heavy atom. The molecule has 2 aromatic carbocycles. The normalized spacial score (nSPS) is 16.9.